The van der Waals surface area contributed by atoms with Crippen molar-refractivity contribution in [3.63, 3.8) is 0 Å². The van der Waals surface area contributed by atoms with E-state index in [0.717, 1.165) is 0 Å². The van der Waals surface area contributed by atoms with Crippen LogP contribution >= 0.6 is 0 Å². The lowest BCUT2D eigenvalue weighted by Crippen LogP contribution is -2.56. The third-order valence-electron chi connectivity index (χ3n) is 4.05. The molecule has 13 nitrogen and oxygen atoms in total. The van der Waals surface area contributed by atoms with Gasteiger partial charge in [0, 0.05) is 12.8 Å². The van der Waals surface area contributed by atoms with Crippen LogP contribution in [0.15, 0.2) is 0 Å². The second-order valence-corrected chi connectivity index (χ2v) is 8.38. The van der Waals surface area contributed by atoms with Crippen molar-refractivity contribution in [2.75, 3.05) is 6.61 Å². The maximum absolute atomic E-state index is 12.9. The fourth-order valence-electron chi connectivity index (χ4n) is 2.95. The molecule has 3 N–H and O–H groups in total. The van der Waals surface area contributed by atoms with E-state index in [1.807, 2.05) is 0 Å². The normalized spacial score (nSPS) is 24.0. The van der Waals surface area contributed by atoms with Crippen LogP contribution in [-0.2, 0) is 38.2 Å². The summed E-state index contributed by atoms with van der Waals surface area (Å²) in [5.74, 6) is -3.81. The lowest BCUT2D eigenvalue weighted by atomic mass is 10.1. The zero-order chi connectivity index (χ0) is 23.6. The maximum atomic E-state index is 12.9. The summed E-state index contributed by atoms with van der Waals surface area (Å²) in [7, 11) is 0. The van der Waals surface area contributed by atoms with E-state index in [9.17, 15) is 24.0 Å². The van der Waals surface area contributed by atoms with Crippen molar-refractivity contribution in [2.45, 2.75) is 77.1 Å². The minimum absolute atomic E-state index is 0.110. The highest BCUT2D eigenvalue weighted by Gasteiger charge is 2.50. The predicted molar refractivity (Wildman–Crippen MR) is 99.7 cm³/mol. The fourth-order valence-corrected chi connectivity index (χ4v) is 2.95. The molecular weight excluding hydrogens is 418 g/mol. The monoisotopic (exact) mass is 445 g/mol. The smallest absolute Gasteiger partial charge is 0.408 e. The molecule has 2 heterocycles. The van der Waals surface area contributed by atoms with Crippen molar-refractivity contribution in [2.24, 2.45) is 5.73 Å². The van der Waals surface area contributed by atoms with Crippen molar-refractivity contribution in [1.82, 2.24) is 10.4 Å². The third-order valence-corrected chi connectivity index (χ3v) is 4.05. The summed E-state index contributed by atoms with van der Waals surface area (Å²) in [5, 5.41) is 2.65. The van der Waals surface area contributed by atoms with Crippen molar-refractivity contribution < 1.29 is 47.8 Å². The molecule has 3 atom stereocenters. The summed E-state index contributed by atoms with van der Waals surface area (Å²) in [6, 6.07) is -1.58. The van der Waals surface area contributed by atoms with Gasteiger partial charge < -0.3 is 34.8 Å². The van der Waals surface area contributed by atoms with Gasteiger partial charge in [-0.25, -0.2) is 14.4 Å². The summed E-state index contributed by atoms with van der Waals surface area (Å²) in [4.78, 5) is 64.8. The van der Waals surface area contributed by atoms with Crippen LogP contribution < -0.4 is 11.1 Å². The highest BCUT2D eigenvalue weighted by Crippen LogP contribution is 2.31. The molecule has 2 aliphatic rings. The average Bonchev–Trinajstić information content (AvgIpc) is 3.08. The molecule has 0 radical (unpaired) electrons. The first-order valence-electron chi connectivity index (χ1n) is 9.53. The van der Waals surface area contributed by atoms with Gasteiger partial charge in [-0.05, 0) is 34.6 Å². The number of nitrogens with one attached hydrogen (secondary N) is 1. The van der Waals surface area contributed by atoms with Crippen LogP contribution in [0.2, 0.25) is 0 Å². The Morgan fingerprint density at radius 3 is 2.29 bits per heavy atom. The van der Waals surface area contributed by atoms with E-state index in [1.54, 1.807) is 20.8 Å². The van der Waals surface area contributed by atoms with E-state index in [1.165, 1.54) is 13.8 Å². The number of hydrogen-bond donors (Lipinski definition) is 2. The summed E-state index contributed by atoms with van der Waals surface area (Å²) in [6.45, 7) is 7.52. The molecule has 0 unspecified atom stereocenters. The number of hydrogen-bond acceptors (Lipinski definition) is 10. The molecule has 0 aromatic carbocycles. The molecule has 2 saturated heterocycles. The molecule has 13 heteroatoms. The number of rotatable bonds is 6. The number of amides is 4. The number of carbonyl (C=O) groups is 5. The average molecular weight is 445 g/mol. The topological polar surface area (TPSA) is 173 Å². The fraction of sp³-hybridized carbons (Fsp3) is 0.722. The van der Waals surface area contributed by atoms with Crippen LogP contribution in [0.25, 0.3) is 0 Å². The third kappa shape index (κ3) is 6.79. The first-order chi connectivity index (χ1) is 14.2. The highest BCUT2D eigenvalue weighted by atomic mass is 16.8. The molecule has 174 valence electrons. The minimum atomic E-state index is -1.58. The standard InChI is InChI=1S/C18H27N3O10/c1-17(2,3)30-16(26)20-12(14(24)31-21-10(22)6-7-11(21)23)13-9(8-27-15(19)25)28-18(4,5)29-13/h9,12-13H,6-8H2,1-5H3,(H2,19,25)(H,20,26)/t9-,12-,13+/m0/s1. The second-order valence-electron chi connectivity index (χ2n) is 8.38. The zero-order valence-electron chi connectivity index (χ0n) is 18.0. The second kappa shape index (κ2) is 9.06. The first-order valence-corrected chi connectivity index (χ1v) is 9.53. The van der Waals surface area contributed by atoms with E-state index in [-0.39, 0.29) is 12.8 Å². The van der Waals surface area contributed by atoms with Gasteiger partial charge in [0.05, 0.1) is 0 Å². The van der Waals surface area contributed by atoms with Crippen LogP contribution in [0, 0.1) is 0 Å². The van der Waals surface area contributed by atoms with Crippen LogP contribution in [0.3, 0.4) is 0 Å². The largest absolute Gasteiger partial charge is 0.447 e. The Labute approximate surface area is 178 Å². The number of carbonyl (C=O) groups excluding carboxylic acids is 5. The molecule has 2 rings (SSSR count). The van der Waals surface area contributed by atoms with Crippen LogP contribution in [0.1, 0.15) is 47.5 Å². The first kappa shape index (κ1) is 24.3. The molecule has 2 aliphatic heterocycles. The summed E-state index contributed by atoms with van der Waals surface area (Å²) in [6.07, 6.45) is -4.57. The van der Waals surface area contributed by atoms with Gasteiger partial charge in [-0.3, -0.25) is 9.59 Å². The van der Waals surface area contributed by atoms with Gasteiger partial charge in [0.1, 0.15) is 24.4 Å². The number of ether oxygens (including phenoxy) is 4. The number of nitrogens with zero attached hydrogens (tertiary/aromatic N) is 1. The minimum Gasteiger partial charge on any atom is -0.447 e. The van der Waals surface area contributed by atoms with Gasteiger partial charge in [-0.2, -0.15) is 0 Å². The number of alkyl carbamates (subject to hydrolysis) is 1. The Balaban J connectivity index is 2.27. The van der Waals surface area contributed by atoms with Crippen LogP contribution in [0.5, 0.6) is 0 Å². The zero-order valence-corrected chi connectivity index (χ0v) is 18.0. The van der Waals surface area contributed by atoms with E-state index in [4.69, 9.17) is 29.5 Å². The summed E-state index contributed by atoms with van der Waals surface area (Å²) in [5.41, 5.74) is 4.10. The van der Waals surface area contributed by atoms with Gasteiger partial charge in [-0.15, -0.1) is 5.06 Å². The molecule has 0 saturated carbocycles. The van der Waals surface area contributed by atoms with Gasteiger partial charge in [0.15, 0.2) is 11.8 Å². The number of nitrogens with two attached hydrogens (primary N) is 1. The van der Waals surface area contributed by atoms with Crippen molar-refractivity contribution in [3.05, 3.63) is 0 Å². The van der Waals surface area contributed by atoms with Gasteiger partial charge >= 0.3 is 18.2 Å². The quantitative estimate of drug-likeness (QED) is 0.534. The predicted octanol–water partition coefficient (Wildman–Crippen LogP) is 0.102. The van der Waals surface area contributed by atoms with Crippen molar-refractivity contribution in [3.8, 4) is 0 Å². The lowest BCUT2D eigenvalue weighted by Gasteiger charge is -2.28. The SMILES string of the molecule is CC(C)(C)OC(=O)N[C@H](C(=O)ON1C(=O)CCC1=O)[C@@H]1OC(C)(C)O[C@H]1COC(N)=O. The Morgan fingerprint density at radius 2 is 1.77 bits per heavy atom. The van der Waals surface area contributed by atoms with E-state index in [0.29, 0.717) is 5.06 Å². The van der Waals surface area contributed by atoms with Crippen molar-refractivity contribution >= 4 is 30.0 Å². The Bertz CT molecular complexity index is 744. The molecule has 31 heavy (non-hydrogen) atoms. The molecule has 4 amide bonds. The number of hydroxylamine groups is 2. The van der Waals surface area contributed by atoms with Gasteiger partial charge in [0.25, 0.3) is 11.8 Å². The summed E-state index contributed by atoms with van der Waals surface area (Å²) < 4.78 is 21.3. The lowest BCUT2D eigenvalue weighted by molar-refractivity contribution is -0.202. The molecule has 0 spiro atoms. The Kier molecular flexibility index (Phi) is 7.11. The Hall–Kier alpha value is -2.93. The van der Waals surface area contributed by atoms with Gasteiger partial charge in [0.2, 0.25) is 0 Å². The van der Waals surface area contributed by atoms with Crippen molar-refractivity contribution in [1.29, 1.82) is 0 Å². The van der Waals surface area contributed by atoms with E-state index < -0.39 is 66.2 Å². The van der Waals surface area contributed by atoms with E-state index in [2.05, 4.69) is 5.32 Å². The molecule has 0 aromatic rings. The van der Waals surface area contributed by atoms with Crippen LogP contribution in [-0.4, -0.2) is 71.3 Å². The molecule has 0 aromatic heterocycles. The highest BCUT2D eigenvalue weighted by molar-refractivity contribution is 6.02. The number of primary amides is 1. The number of imide groups is 1. The molecule has 0 aliphatic carbocycles. The molecular formula is C18H27N3O10. The molecule has 0 bridgehead atoms. The maximum Gasteiger partial charge on any atom is 0.408 e. The summed E-state index contributed by atoms with van der Waals surface area (Å²) >= 11 is 0. The van der Waals surface area contributed by atoms with Gasteiger partial charge in [-0.1, -0.05) is 0 Å². The Morgan fingerprint density at radius 1 is 1.19 bits per heavy atom. The van der Waals surface area contributed by atoms with Crippen LogP contribution in [0.4, 0.5) is 9.59 Å². The van der Waals surface area contributed by atoms with E-state index >= 15 is 0 Å². The molecule has 2 fully saturated rings.